The third-order valence-electron chi connectivity index (χ3n) is 5.07. The fourth-order valence-corrected chi connectivity index (χ4v) is 4.12. The maximum Gasteiger partial charge on any atom is 0.161 e. The number of phenolic OH excluding ortho intramolecular Hbond substituents is 2. The summed E-state index contributed by atoms with van der Waals surface area (Å²) in [6.07, 6.45) is 0. The molecule has 0 spiro atoms. The van der Waals surface area contributed by atoms with Gasteiger partial charge in [0.15, 0.2) is 11.5 Å². The number of nitrogens with one attached hydrogen (secondary N) is 1. The van der Waals surface area contributed by atoms with Crippen LogP contribution in [0.25, 0.3) is 0 Å². The number of fused-ring (bicyclic) bond motifs is 2. The monoisotopic (exact) mass is 281 g/mol. The molecule has 108 valence electrons. The zero-order chi connectivity index (χ0) is 14.8. The topological polar surface area (TPSA) is 52.5 Å². The van der Waals surface area contributed by atoms with E-state index in [1.54, 1.807) is 6.07 Å². The number of rotatable bonds is 0. The van der Waals surface area contributed by atoms with E-state index >= 15 is 0 Å². The van der Waals surface area contributed by atoms with Crippen LogP contribution < -0.4 is 5.32 Å². The number of aromatic hydroxyl groups is 2. The van der Waals surface area contributed by atoms with Crippen LogP contribution in [0.3, 0.4) is 0 Å². The van der Waals surface area contributed by atoms with Crippen molar-refractivity contribution in [1.82, 2.24) is 5.32 Å². The van der Waals surface area contributed by atoms with Crippen molar-refractivity contribution in [2.75, 3.05) is 6.54 Å². The number of hydrogen-bond donors (Lipinski definition) is 3. The molecule has 21 heavy (non-hydrogen) atoms. The molecule has 2 aromatic rings. The molecule has 0 unspecified atom stereocenters. The van der Waals surface area contributed by atoms with Crippen molar-refractivity contribution in [3.63, 3.8) is 0 Å². The minimum absolute atomic E-state index is 0.0270. The van der Waals surface area contributed by atoms with Crippen molar-refractivity contribution in [1.29, 1.82) is 0 Å². The van der Waals surface area contributed by atoms with Gasteiger partial charge in [-0.15, -0.1) is 0 Å². The normalized spacial score (nSPS) is 21.5. The first-order valence-corrected chi connectivity index (χ1v) is 7.40. The van der Waals surface area contributed by atoms with Crippen molar-refractivity contribution in [2.24, 2.45) is 0 Å². The Morgan fingerprint density at radius 2 is 1.95 bits per heavy atom. The summed E-state index contributed by atoms with van der Waals surface area (Å²) in [4.78, 5) is 0. The van der Waals surface area contributed by atoms with Crippen LogP contribution in [0, 0.1) is 0 Å². The summed E-state index contributed by atoms with van der Waals surface area (Å²) in [5, 5.41) is 23.8. The van der Waals surface area contributed by atoms with Crippen molar-refractivity contribution in [2.45, 2.75) is 31.7 Å². The smallest absolute Gasteiger partial charge is 0.161 e. The van der Waals surface area contributed by atoms with E-state index < -0.39 is 0 Å². The van der Waals surface area contributed by atoms with E-state index in [0.29, 0.717) is 0 Å². The van der Waals surface area contributed by atoms with Crippen molar-refractivity contribution in [3.8, 4) is 11.5 Å². The first-order chi connectivity index (χ1) is 10.0. The molecule has 1 atom stereocenters. The SMILES string of the molecule is CC1(C)c2cccc3c2[C@@H](CNC3)c2ccc(O)c(O)c21. The number of hydrogen-bond acceptors (Lipinski definition) is 3. The standard InChI is InChI=1S/C18H19NO2/c1-18(2)13-5-3-4-10-8-19-9-12(15(10)13)11-6-7-14(20)17(21)16(11)18/h3-7,12,19-21H,8-9H2,1-2H3/t12-/m0/s1. The van der Waals surface area contributed by atoms with Gasteiger partial charge in [-0.05, 0) is 28.3 Å². The van der Waals surface area contributed by atoms with Crippen LogP contribution in [0.2, 0.25) is 0 Å². The lowest BCUT2D eigenvalue weighted by Crippen LogP contribution is -2.37. The summed E-state index contributed by atoms with van der Waals surface area (Å²) >= 11 is 0. The van der Waals surface area contributed by atoms with Gasteiger partial charge < -0.3 is 15.5 Å². The molecule has 0 fully saturated rings. The Balaban J connectivity index is 2.11. The highest BCUT2D eigenvalue weighted by molar-refractivity contribution is 5.65. The lowest BCUT2D eigenvalue weighted by Gasteiger charge is -2.42. The van der Waals surface area contributed by atoms with Crippen molar-refractivity contribution in [3.05, 3.63) is 58.1 Å². The third kappa shape index (κ3) is 1.52. The maximum atomic E-state index is 10.4. The zero-order valence-electron chi connectivity index (χ0n) is 12.3. The van der Waals surface area contributed by atoms with E-state index in [1.165, 1.54) is 16.7 Å². The molecule has 4 rings (SSSR count). The Morgan fingerprint density at radius 1 is 1.14 bits per heavy atom. The first-order valence-electron chi connectivity index (χ1n) is 7.40. The van der Waals surface area contributed by atoms with Crippen molar-refractivity contribution >= 4 is 0 Å². The Kier molecular flexibility index (Phi) is 2.43. The van der Waals surface area contributed by atoms with Gasteiger partial charge in [-0.2, -0.15) is 0 Å². The van der Waals surface area contributed by atoms with Crippen LogP contribution in [-0.2, 0) is 12.0 Å². The number of phenols is 2. The molecule has 3 nitrogen and oxygen atoms in total. The molecule has 1 heterocycles. The van der Waals surface area contributed by atoms with E-state index in [9.17, 15) is 10.2 Å². The van der Waals surface area contributed by atoms with Crippen LogP contribution in [-0.4, -0.2) is 16.8 Å². The number of benzene rings is 2. The summed E-state index contributed by atoms with van der Waals surface area (Å²) in [5.74, 6) is 0.240. The molecule has 2 aliphatic rings. The van der Waals surface area contributed by atoms with Crippen LogP contribution in [0.5, 0.6) is 11.5 Å². The molecule has 0 saturated carbocycles. The van der Waals surface area contributed by atoms with E-state index in [4.69, 9.17) is 0 Å². The molecule has 0 amide bonds. The lowest BCUT2D eigenvalue weighted by atomic mass is 9.63. The molecular formula is C18H19NO2. The van der Waals surface area contributed by atoms with Gasteiger partial charge in [-0.1, -0.05) is 38.1 Å². The third-order valence-corrected chi connectivity index (χ3v) is 5.07. The summed E-state index contributed by atoms with van der Waals surface area (Å²) in [5.41, 5.74) is 5.69. The molecular weight excluding hydrogens is 262 g/mol. The molecule has 1 aliphatic heterocycles. The maximum absolute atomic E-state index is 10.4. The zero-order valence-corrected chi connectivity index (χ0v) is 12.3. The Morgan fingerprint density at radius 3 is 2.76 bits per heavy atom. The minimum Gasteiger partial charge on any atom is -0.504 e. The van der Waals surface area contributed by atoms with Gasteiger partial charge >= 0.3 is 0 Å². The van der Waals surface area contributed by atoms with Crippen LogP contribution in [0.15, 0.2) is 30.3 Å². The molecule has 2 aromatic carbocycles. The first kappa shape index (κ1) is 12.7. The van der Waals surface area contributed by atoms with Gasteiger partial charge in [0.2, 0.25) is 0 Å². The largest absolute Gasteiger partial charge is 0.504 e. The summed E-state index contributed by atoms with van der Waals surface area (Å²) in [6.45, 7) is 6.02. The highest BCUT2D eigenvalue weighted by Crippen LogP contribution is 2.53. The molecule has 0 radical (unpaired) electrons. The fraction of sp³-hybridized carbons (Fsp3) is 0.333. The van der Waals surface area contributed by atoms with E-state index in [-0.39, 0.29) is 22.8 Å². The Bertz CT molecular complexity index is 749. The molecule has 0 bridgehead atoms. The second kappa shape index (κ2) is 4.01. The highest BCUT2D eigenvalue weighted by Gasteiger charge is 2.41. The van der Waals surface area contributed by atoms with Crippen LogP contribution in [0.4, 0.5) is 0 Å². The van der Waals surface area contributed by atoms with Gasteiger partial charge in [0.25, 0.3) is 0 Å². The van der Waals surface area contributed by atoms with Gasteiger partial charge in [-0.25, -0.2) is 0 Å². The molecule has 0 saturated heterocycles. The molecule has 1 aliphatic carbocycles. The van der Waals surface area contributed by atoms with Crippen LogP contribution in [0.1, 0.15) is 47.6 Å². The van der Waals surface area contributed by atoms with Gasteiger partial charge in [0.05, 0.1) is 0 Å². The average Bonchev–Trinajstić information content (AvgIpc) is 2.47. The van der Waals surface area contributed by atoms with Gasteiger partial charge in [0.1, 0.15) is 0 Å². The summed E-state index contributed by atoms with van der Waals surface area (Å²) < 4.78 is 0. The predicted molar refractivity (Wildman–Crippen MR) is 81.9 cm³/mol. The van der Waals surface area contributed by atoms with E-state index in [0.717, 1.165) is 24.2 Å². The molecule has 3 N–H and O–H groups in total. The van der Waals surface area contributed by atoms with Crippen LogP contribution >= 0.6 is 0 Å². The fourth-order valence-electron chi connectivity index (χ4n) is 4.12. The van der Waals surface area contributed by atoms with E-state index in [1.807, 2.05) is 6.07 Å². The minimum atomic E-state index is -0.308. The highest BCUT2D eigenvalue weighted by atomic mass is 16.3. The predicted octanol–water partition coefficient (Wildman–Crippen LogP) is 2.97. The lowest BCUT2D eigenvalue weighted by molar-refractivity contribution is 0.386. The summed E-state index contributed by atoms with van der Waals surface area (Å²) in [6, 6.07) is 9.99. The summed E-state index contributed by atoms with van der Waals surface area (Å²) in [7, 11) is 0. The second-order valence-electron chi connectivity index (χ2n) is 6.58. The quantitative estimate of drug-likeness (QED) is 0.651. The average molecular weight is 281 g/mol. The van der Waals surface area contributed by atoms with Gasteiger partial charge in [0, 0.05) is 30.0 Å². The molecule has 3 heteroatoms. The second-order valence-corrected chi connectivity index (χ2v) is 6.58. The Hall–Kier alpha value is -2.00. The molecule has 0 aromatic heterocycles. The van der Waals surface area contributed by atoms with Gasteiger partial charge in [-0.3, -0.25) is 0 Å². The van der Waals surface area contributed by atoms with E-state index in [2.05, 4.69) is 37.4 Å². The Labute approximate surface area is 124 Å². The van der Waals surface area contributed by atoms with Crippen molar-refractivity contribution < 1.29 is 10.2 Å².